The molecule has 2 rings (SSSR count). The summed E-state index contributed by atoms with van der Waals surface area (Å²) < 4.78 is 11.4. The standard InChI is InChI=1S/C15H21NO2/c1-3-9-16-10-15-13(11-17-4-2)12-7-5-6-8-14(12)18-15/h5-8,16H,3-4,9-11H2,1-2H3. The van der Waals surface area contributed by atoms with E-state index in [-0.39, 0.29) is 0 Å². The van der Waals surface area contributed by atoms with Crippen LogP contribution in [0.5, 0.6) is 0 Å². The van der Waals surface area contributed by atoms with Crippen LogP contribution in [0.1, 0.15) is 31.6 Å². The highest BCUT2D eigenvalue weighted by atomic mass is 16.5. The highest BCUT2D eigenvalue weighted by Crippen LogP contribution is 2.26. The number of furan rings is 1. The number of para-hydroxylation sites is 1. The van der Waals surface area contributed by atoms with Crippen molar-refractivity contribution < 1.29 is 9.15 Å². The molecule has 3 heteroatoms. The third kappa shape index (κ3) is 2.92. The van der Waals surface area contributed by atoms with E-state index in [1.807, 2.05) is 25.1 Å². The molecule has 2 aromatic rings. The lowest BCUT2D eigenvalue weighted by molar-refractivity contribution is 0.133. The molecule has 1 heterocycles. The van der Waals surface area contributed by atoms with Crippen LogP contribution < -0.4 is 5.32 Å². The minimum Gasteiger partial charge on any atom is -0.459 e. The molecule has 1 aromatic heterocycles. The Hall–Kier alpha value is -1.32. The molecule has 1 aromatic carbocycles. The number of benzene rings is 1. The Morgan fingerprint density at radius 3 is 2.83 bits per heavy atom. The average Bonchev–Trinajstić information content (AvgIpc) is 2.74. The molecule has 0 spiro atoms. The number of hydrogen-bond acceptors (Lipinski definition) is 3. The van der Waals surface area contributed by atoms with Crippen LogP contribution in [0.2, 0.25) is 0 Å². The van der Waals surface area contributed by atoms with Crippen molar-refractivity contribution in [3.63, 3.8) is 0 Å². The Bertz CT molecular complexity index is 490. The van der Waals surface area contributed by atoms with Crippen molar-refractivity contribution in [1.82, 2.24) is 5.32 Å². The van der Waals surface area contributed by atoms with E-state index >= 15 is 0 Å². The largest absolute Gasteiger partial charge is 0.459 e. The Kier molecular flexibility index (Phi) is 4.79. The topological polar surface area (TPSA) is 34.4 Å². The first-order chi connectivity index (χ1) is 8.86. The van der Waals surface area contributed by atoms with Crippen molar-refractivity contribution in [2.45, 2.75) is 33.4 Å². The maximum atomic E-state index is 5.90. The Morgan fingerprint density at radius 1 is 1.22 bits per heavy atom. The summed E-state index contributed by atoms with van der Waals surface area (Å²) in [5.74, 6) is 0.998. The van der Waals surface area contributed by atoms with Crippen molar-refractivity contribution in [3.8, 4) is 0 Å². The van der Waals surface area contributed by atoms with Crippen molar-refractivity contribution in [2.75, 3.05) is 13.2 Å². The first-order valence-electron chi connectivity index (χ1n) is 6.64. The fraction of sp³-hybridized carbons (Fsp3) is 0.467. The molecule has 0 radical (unpaired) electrons. The summed E-state index contributed by atoms with van der Waals surface area (Å²) in [4.78, 5) is 0. The third-order valence-corrected chi connectivity index (χ3v) is 2.94. The van der Waals surface area contributed by atoms with Gasteiger partial charge in [0.25, 0.3) is 0 Å². The van der Waals surface area contributed by atoms with Gasteiger partial charge in [-0.15, -0.1) is 0 Å². The second-order valence-electron chi connectivity index (χ2n) is 4.31. The van der Waals surface area contributed by atoms with Crippen molar-refractivity contribution in [3.05, 3.63) is 35.6 Å². The molecule has 0 aliphatic heterocycles. The fourth-order valence-electron chi connectivity index (χ4n) is 2.03. The molecular weight excluding hydrogens is 226 g/mol. The maximum Gasteiger partial charge on any atom is 0.134 e. The van der Waals surface area contributed by atoms with E-state index < -0.39 is 0 Å². The molecule has 0 aliphatic rings. The molecule has 1 N–H and O–H groups in total. The van der Waals surface area contributed by atoms with E-state index in [4.69, 9.17) is 9.15 Å². The van der Waals surface area contributed by atoms with Crippen LogP contribution in [0.4, 0.5) is 0 Å². The summed E-state index contributed by atoms with van der Waals surface area (Å²) in [6.45, 7) is 7.29. The third-order valence-electron chi connectivity index (χ3n) is 2.94. The molecule has 98 valence electrons. The minimum absolute atomic E-state index is 0.622. The molecule has 0 atom stereocenters. The highest BCUT2D eigenvalue weighted by Gasteiger charge is 2.13. The first kappa shape index (κ1) is 13.1. The summed E-state index contributed by atoms with van der Waals surface area (Å²) in [6.07, 6.45) is 1.13. The molecule has 18 heavy (non-hydrogen) atoms. The Morgan fingerprint density at radius 2 is 2.06 bits per heavy atom. The number of rotatable bonds is 7. The van der Waals surface area contributed by atoms with Gasteiger partial charge in [0.1, 0.15) is 11.3 Å². The predicted octanol–water partition coefficient (Wildman–Crippen LogP) is 3.47. The second-order valence-corrected chi connectivity index (χ2v) is 4.31. The van der Waals surface area contributed by atoms with E-state index in [1.165, 1.54) is 10.9 Å². The quantitative estimate of drug-likeness (QED) is 0.761. The molecule has 0 unspecified atom stereocenters. The van der Waals surface area contributed by atoms with Gasteiger partial charge in [-0.2, -0.15) is 0 Å². The lowest BCUT2D eigenvalue weighted by Gasteiger charge is -2.04. The summed E-state index contributed by atoms with van der Waals surface area (Å²) in [5.41, 5.74) is 2.12. The Balaban J connectivity index is 2.25. The molecule has 0 bridgehead atoms. The van der Waals surface area contributed by atoms with Gasteiger partial charge in [0.15, 0.2) is 0 Å². The van der Waals surface area contributed by atoms with Gasteiger partial charge in [-0.25, -0.2) is 0 Å². The van der Waals surface area contributed by atoms with Crippen LogP contribution >= 0.6 is 0 Å². The average molecular weight is 247 g/mol. The zero-order chi connectivity index (χ0) is 12.8. The van der Waals surface area contributed by atoms with Gasteiger partial charge in [0.05, 0.1) is 13.2 Å². The molecule has 0 fully saturated rings. The highest BCUT2D eigenvalue weighted by molar-refractivity contribution is 5.82. The van der Waals surface area contributed by atoms with E-state index in [9.17, 15) is 0 Å². The van der Waals surface area contributed by atoms with Gasteiger partial charge in [-0.1, -0.05) is 25.1 Å². The molecular formula is C15H21NO2. The SMILES string of the molecule is CCCNCc1oc2ccccc2c1COCC. The molecule has 0 saturated heterocycles. The second kappa shape index (κ2) is 6.57. The number of nitrogens with one attached hydrogen (secondary N) is 1. The lowest BCUT2D eigenvalue weighted by Crippen LogP contribution is -2.14. The summed E-state index contributed by atoms with van der Waals surface area (Å²) in [5, 5.41) is 4.55. The fourth-order valence-corrected chi connectivity index (χ4v) is 2.03. The lowest BCUT2D eigenvalue weighted by atomic mass is 10.1. The number of fused-ring (bicyclic) bond motifs is 1. The van der Waals surface area contributed by atoms with Crippen molar-refractivity contribution >= 4 is 11.0 Å². The van der Waals surface area contributed by atoms with E-state index in [0.717, 1.165) is 37.5 Å². The van der Waals surface area contributed by atoms with Gasteiger partial charge in [-0.05, 0) is 26.0 Å². The summed E-state index contributed by atoms with van der Waals surface area (Å²) >= 11 is 0. The van der Waals surface area contributed by atoms with Gasteiger partial charge < -0.3 is 14.5 Å². The van der Waals surface area contributed by atoms with E-state index in [2.05, 4.69) is 18.3 Å². The predicted molar refractivity (Wildman–Crippen MR) is 73.5 cm³/mol. The van der Waals surface area contributed by atoms with Crippen LogP contribution in [0.15, 0.2) is 28.7 Å². The number of ether oxygens (including phenoxy) is 1. The minimum atomic E-state index is 0.622. The van der Waals surface area contributed by atoms with Crippen molar-refractivity contribution in [1.29, 1.82) is 0 Å². The molecule has 0 aliphatic carbocycles. The van der Waals surface area contributed by atoms with Crippen molar-refractivity contribution in [2.24, 2.45) is 0 Å². The molecule has 0 saturated carbocycles. The van der Waals surface area contributed by atoms with Gasteiger partial charge >= 0.3 is 0 Å². The van der Waals surface area contributed by atoms with Crippen LogP contribution in [0.3, 0.4) is 0 Å². The molecule has 3 nitrogen and oxygen atoms in total. The van der Waals surface area contributed by atoms with E-state index in [1.54, 1.807) is 0 Å². The smallest absolute Gasteiger partial charge is 0.134 e. The van der Waals surface area contributed by atoms with Gasteiger partial charge in [0, 0.05) is 17.6 Å². The first-order valence-corrected chi connectivity index (χ1v) is 6.64. The Labute approximate surface area is 108 Å². The van der Waals surface area contributed by atoms with Gasteiger partial charge in [0.2, 0.25) is 0 Å². The van der Waals surface area contributed by atoms with Crippen LogP contribution in [0, 0.1) is 0 Å². The summed E-state index contributed by atoms with van der Waals surface area (Å²) in [7, 11) is 0. The normalized spacial score (nSPS) is 11.2. The summed E-state index contributed by atoms with van der Waals surface area (Å²) in [6, 6.07) is 8.14. The van der Waals surface area contributed by atoms with Gasteiger partial charge in [-0.3, -0.25) is 0 Å². The zero-order valence-corrected chi connectivity index (χ0v) is 11.2. The molecule has 0 amide bonds. The number of hydrogen-bond donors (Lipinski definition) is 1. The monoisotopic (exact) mass is 247 g/mol. The van der Waals surface area contributed by atoms with Crippen LogP contribution in [0.25, 0.3) is 11.0 Å². The van der Waals surface area contributed by atoms with Crippen LogP contribution in [-0.4, -0.2) is 13.2 Å². The maximum absolute atomic E-state index is 5.90. The van der Waals surface area contributed by atoms with E-state index in [0.29, 0.717) is 6.61 Å². The zero-order valence-electron chi connectivity index (χ0n) is 11.2. The van der Waals surface area contributed by atoms with Crippen LogP contribution in [-0.2, 0) is 17.9 Å².